The first kappa shape index (κ1) is 21.5. The zero-order valence-corrected chi connectivity index (χ0v) is 19.4. The smallest absolute Gasteiger partial charge is 0.226 e. The average Bonchev–Trinajstić information content (AvgIpc) is 3.35. The van der Waals surface area contributed by atoms with E-state index in [0.29, 0.717) is 23.9 Å². The molecule has 1 amide bonds. The van der Waals surface area contributed by atoms with E-state index in [1.165, 1.54) is 24.8 Å². The molecule has 4 heteroatoms. The molecule has 1 saturated heterocycles. The molecule has 0 aromatic carbocycles. The molecule has 2 N–H and O–H groups in total. The number of piperidine rings is 1. The Bertz CT molecular complexity index is 803. The van der Waals surface area contributed by atoms with Crippen LogP contribution in [-0.4, -0.2) is 37.7 Å². The van der Waals surface area contributed by atoms with Gasteiger partial charge in [-0.3, -0.25) is 4.79 Å². The quantitative estimate of drug-likeness (QED) is 0.563. The third kappa shape index (κ3) is 3.64. The van der Waals surface area contributed by atoms with Gasteiger partial charge in [-0.25, -0.2) is 0 Å². The first-order valence-electron chi connectivity index (χ1n) is 12.5. The minimum atomic E-state index is -0.254. The molecule has 5 unspecified atom stereocenters. The van der Waals surface area contributed by atoms with Crippen LogP contribution in [0.2, 0.25) is 0 Å². The van der Waals surface area contributed by atoms with Gasteiger partial charge in [-0.15, -0.1) is 0 Å². The van der Waals surface area contributed by atoms with Gasteiger partial charge >= 0.3 is 0 Å². The van der Waals surface area contributed by atoms with E-state index in [4.69, 9.17) is 4.74 Å². The third-order valence-electron chi connectivity index (χ3n) is 9.21. The summed E-state index contributed by atoms with van der Waals surface area (Å²) in [4.78, 5) is 13.9. The number of rotatable bonds is 8. The van der Waals surface area contributed by atoms with E-state index in [9.17, 15) is 4.79 Å². The largest absolute Gasteiger partial charge is 0.381 e. The average molecular weight is 425 g/mol. The van der Waals surface area contributed by atoms with Gasteiger partial charge in [0.15, 0.2) is 0 Å². The van der Waals surface area contributed by atoms with Crippen molar-refractivity contribution in [3.63, 3.8) is 0 Å². The highest BCUT2D eigenvalue weighted by Gasteiger charge is 2.66. The first-order valence-corrected chi connectivity index (χ1v) is 12.5. The minimum absolute atomic E-state index is 0.0405. The van der Waals surface area contributed by atoms with Gasteiger partial charge in [0.25, 0.3) is 0 Å². The molecule has 0 spiro atoms. The lowest BCUT2D eigenvalue weighted by Crippen LogP contribution is -2.64. The van der Waals surface area contributed by atoms with Crippen molar-refractivity contribution in [3.8, 4) is 0 Å². The molecule has 0 radical (unpaired) electrons. The fraction of sp³-hybridized carbons (Fsp3) is 0.741. The number of carbonyl (C=O) groups excluding carboxylic acids is 1. The lowest BCUT2D eigenvalue weighted by molar-refractivity contribution is -0.180. The zero-order valence-electron chi connectivity index (χ0n) is 19.4. The van der Waals surface area contributed by atoms with Crippen LogP contribution in [0.5, 0.6) is 0 Å². The molecular weight excluding hydrogens is 384 g/mol. The van der Waals surface area contributed by atoms with Crippen LogP contribution in [0.3, 0.4) is 0 Å². The normalized spacial score (nSPS) is 45.2. The van der Waals surface area contributed by atoms with Crippen molar-refractivity contribution in [1.29, 1.82) is 0 Å². The van der Waals surface area contributed by atoms with Crippen LogP contribution in [0.15, 0.2) is 36.5 Å². The molecule has 5 saturated carbocycles. The number of carbonyl (C=O) groups is 1. The topological polar surface area (TPSA) is 50.4 Å². The molecule has 5 aliphatic carbocycles. The van der Waals surface area contributed by atoms with Crippen molar-refractivity contribution in [3.05, 3.63) is 36.5 Å². The second-order valence-corrected chi connectivity index (χ2v) is 11.5. The van der Waals surface area contributed by atoms with E-state index in [-0.39, 0.29) is 16.2 Å². The van der Waals surface area contributed by atoms with E-state index in [1.807, 2.05) is 6.92 Å². The molecule has 6 aliphatic rings. The minimum Gasteiger partial charge on any atom is -0.381 e. The molecule has 4 nitrogen and oxygen atoms in total. The highest BCUT2D eigenvalue weighted by atomic mass is 16.5. The maximum atomic E-state index is 13.9. The number of hydrogen-bond acceptors (Lipinski definition) is 3. The van der Waals surface area contributed by atoms with Gasteiger partial charge in [-0.05, 0) is 100.0 Å². The molecule has 0 aromatic heterocycles. The second kappa shape index (κ2) is 7.88. The molecule has 1 aliphatic heterocycles. The van der Waals surface area contributed by atoms with Crippen LogP contribution in [0, 0.1) is 28.1 Å². The lowest BCUT2D eigenvalue weighted by atomic mass is 9.38. The summed E-state index contributed by atoms with van der Waals surface area (Å²) in [6.45, 7) is 11.3. The summed E-state index contributed by atoms with van der Waals surface area (Å²) < 4.78 is 6.04. The number of ether oxygens (including phenoxy) is 1. The molecule has 6 fully saturated rings. The van der Waals surface area contributed by atoms with E-state index < -0.39 is 0 Å². The standard InChI is InChI=1S/C27H40N2O2/c1-4-6-7-8-19(3)26-12-21-11-25(15-26,18-31-5-2)16-27(13-21,17-26)24(30)29-23-10-20-9-22(23)28-14-20/h4,6-8,20-23,28H,3,5,9-18H2,1-2H3,(H,29,30)/b6-4-,8-7-/t20?,21?,22?,23?,25-,26+,27?/m0/s1. The highest BCUT2D eigenvalue weighted by Crippen LogP contribution is 2.71. The number of amides is 1. The predicted octanol–water partition coefficient (Wildman–Crippen LogP) is 4.53. The summed E-state index contributed by atoms with van der Waals surface area (Å²) in [6.07, 6.45) is 17.3. The Balaban J connectivity index is 1.43. The third-order valence-corrected chi connectivity index (χ3v) is 9.21. The Hall–Kier alpha value is -1.39. The van der Waals surface area contributed by atoms with Crippen molar-refractivity contribution >= 4 is 5.91 Å². The number of fused-ring (bicyclic) bond motifs is 2. The molecule has 7 atom stereocenters. The van der Waals surface area contributed by atoms with E-state index >= 15 is 0 Å². The van der Waals surface area contributed by atoms with Gasteiger partial charge in [0.05, 0.1) is 12.0 Å². The number of nitrogens with one attached hydrogen (secondary N) is 2. The second-order valence-electron chi connectivity index (χ2n) is 11.5. The lowest BCUT2D eigenvalue weighted by Gasteiger charge is -2.66. The SMILES string of the molecule is C=C(/C=C\C=C/C)[C@]12CC3CC(C(=O)NC4CC5CNC4C5)(C[C@](COCC)(C3)C1)C2. The van der Waals surface area contributed by atoms with Crippen molar-refractivity contribution in [2.24, 2.45) is 28.1 Å². The molecule has 0 aromatic rings. The number of hydrogen-bond donors (Lipinski definition) is 2. The van der Waals surface area contributed by atoms with Crippen molar-refractivity contribution in [1.82, 2.24) is 10.6 Å². The van der Waals surface area contributed by atoms with Gasteiger partial charge in [0.2, 0.25) is 5.91 Å². The maximum absolute atomic E-state index is 13.9. The number of allylic oxidation sites excluding steroid dienone is 5. The van der Waals surface area contributed by atoms with Crippen molar-refractivity contribution in [2.45, 2.75) is 77.3 Å². The molecule has 1 heterocycles. The van der Waals surface area contributed by atoms with E-state index in [0.717, 1.165) is 57.8 Å². The van der Waals surface area contributed by atoms with Crippen LogP contribution in [-0.2, 0) is 9.53 Å². The summed E-state index contributed by atoms with van der Waals surface area (Å²) in [6, 6.07) is 0.795. The Morgan fingerprint density at radius 3 is 2.65 bits per heavy atom. The summed E-state index contributed by atoms with van der Waals surface area (Å²) >= 11 is 0. The van der Waals surface area contributed by atoms with Crippen LogP contribution in [0.1, 0.15) is 65.2 Å². The van der Waals surface area contributed by atoms with Gasteiger partial charge in [-0.2, -0.15) is 0 Å². The Kier molecular flexibility index (Phi) is 5.45. The van der Waals surface area contributed by atoms with Gasteiger partial charge in [-0.1, -0.05) is 30.9 Å². The first-order chi connectivity index (χ1) is 14.9. The predicted molar refractivity (Wildman–Crippen MR) is 125 cm³/mol. The summed E-state index contributed by atoms with van der Waals surface area (Å²) in [5.41, 5.74) is 1.13. The molecular formula is C27H40N2O2. The van der Waals surface area contributed by atoms with Gasteiger partial charge in [0, 0.05) is 18.7 Å². The molecule has 31 heavy (non-hydrogen) atoms. The summed E-state index contributed by atoms with van der Waals surface area (Å²) in [7, 11) is 0. The zero-order chi connectivity index (χ0) is 21.7. The van der Waals surface area contributed by atoms with Crippen molar-refractivity contribution in [2.75, 3.05) is 19.8 Å². The van der Waals surface area contributed by atoms with Gasteiger partial charge in [0.1, 0.15) is 0 Å². The van der Waals surface area contributed by atoms with Crippen LogP contribution in [0.4, 0.5) is 0 Å². The fourth-order valence-corrected chi connectivity index (χ4v) is 8.52. The Labute approximate surface area is 188 Å². The van der Waals surface area contributed by atoms with Crippen LogP contribution in [0.25, 0.3) is 0 Å². The monoisotopic (exact) mass is 424 g/mol. The molecule has 170 valence electrons. The molecule has 6 bridgehead atoms. The molecule has 6 rings (SSSR count). The summed E-state index contributed by atoms with van der Waals surface area (Å²) in [5, 5.41) is 7.16. The Morgan fingerprint density at radius 2 is 1.94 bits per heavy atom. The summed E-state index contributed by atoms with van der Waals surface area (Å²) in [5.74, 6) is 1.68. The maximum Gasteiger partial charge on any atom is 0.226 e. The van der Waals surface area contributed by atoms with Crippen molar-refractivity contribution < 1.29 is 9.53 Å². The highest BCUT2D eigenvalue weighted by molar-refractivity contribution is 5.84. The Morgan fingerprint density at radius 1 is 1.13 bits per heavy atom. The van der Waals surface area contributed by atoms with Gasteiger partial charge < -0.3 is 15.4 Å². The van der Waals surface area contributed by atoms with E-state index in [1.54, 1.807) is 0 Å². The van der Waals surface area contributed by atoms with Crippen LogP contribution >= 0.6 is 0 Å². The van der Waals surface area contributed by atoms with Crippen LogP contribution < -0.4 is 10.6 Å². The fourth-order valence-electron chi connectivity index (χ4n) is 8.52. The van der Waals surface area contributed by atoms with E-state index in [2.05, 4.69) is 48.4 Å².